The fourth-order valence-corrected chi connectivity index (χ4v) is 8.08. The maximum Gasteiger partial charge on any atom is 0.306 e. The number of unbranched alkanes of at least 4 members (excludes halogenated alkanes) is 32. The van der Waals surface area contributed by atoms with Crippen molar-refractivity contribution in [1.29, 1.82) is 0 Å². The van der Waals surface area contributed by atoms with E-state index < -0.39 is 6.10 Å². The summed E-state index contributed by atoms with van der Waals surface area (Å²) in [6.07, 6.45) is 65.3. The van der Waals surface area contributed by atoms with Gasteiger partial charge in [0.05, 0.1) is 0 Å². The molecule has 6 nitrogen and oxygen atoms in total. The Morgan fingerprint density at radius 3 is 0.923 bits per heavy atom. The van der Waals surface area contributed by atoms with E-state index in [-0.39, 0.29) is 37.5 Å². The number of carbonyl (C=O) groups excluding carboxylic acids is 3. The van der Waals surface area contributed by atoms with E-state index in [1.54, 1.807) is 0 Å². The van der Waals surface area contributed by atoms with E-state index in [9.17, 15) is 14.4 Å². The van der Waals surface area contributed by atoms with Crippen molar-refractivity contribution >= 4 is 17.9 Å². The van der Waals surface area contributed by atoms with Crippen LogP contribution in [0.1, 0.15) is 290 Å². The van der Waals surface area contributed by atoms with Crippen molar-refractivity contribution in [1.82, 2.24) is 0 Å². The molecule has 0 rings (SSSR count). The van der Waals surface area contributed by atoms with Gasteiger partial charge in [-0.05, 0) is 57.8 Å². The van der Waals surface area contributed by atoms with Crippen molar-refractivity contribution in [3.8, 4) is 0 Å². The molecule has 0 aliphatic carbocycles. The Morgan fingerprint density at radius 1 is 0.308 bits per heavy atom. The van der Waals surface area contributed by atoms with Gasteiger partial charge < -0.3 is 14.2 Å². The van der Waals surface area contributed by atoms with Gasteiger partial charge in [0.2, 0.25) is 0 Å². The summed E-state index contributed by atoms with van der Waals surface area (Å²) in [5, 5.41) is 0. The third kappa shape index (κ3) is 52.2. The molecule has 378 valence electrons. The van der Waals surface area contributed by atoms with Crippen LogP contribution in [-0.4, -0.2) is 37.2 Å². The molecule has 0 bridgehead atoms. The van der Waals surface area contributed by atoms with Gasteiger partial charge in [-0.25, -0.2) is 0 Å². The van der Waals surface area contributed by atoms with E-state index in [1.165, 1.54) is 180 Å². The highest BCUT2D eigenvalue weighted by Gasteiger charge is 2.19. The molecule has 0 aromatic heterocycles. The Balaban J connectivity index is 4.43. The number of esters is 3. The predicted octanol–water partition coefficient (Wildman–Crippen LogP) is 18.7. The Labute approximate surface area is 403 Å². The highest BCUT2D eigenvalue weighted by Crippen LogP contribution is 2.16. The van der Waals surface area contributed by atoms with Crippen molar-refractivity contribution in [3.63, 3.8) is 0 Å². The minimum absolute atomic E-state index is 0.0857. The van der Waals surface area contributed by atoms with Crippen molar-refractivity contribution in [2.45, 2.75) is 297 Å². The molecule has 0 saturated heterocycles. The summed E-state index contributed by atoms with van der Waals surface area (Å²) >= 11 is 0. The third-order valence-corrected chi connectivity index (χ3v) is 12.3. The van der Waals surface area contributed by atoms with Crippen LogP contribution in [0.4, 0.5) is 0 Å². The van der Waals surface area contributed by atoms with E-state index in [4.69, 9.17) is 14.2 Å². The molecule has 0 heterocycles. The highest BCUT2D eigenvalue weighted by atomic mass is 16.6. The molecule has 0 aromatic carbocycles. The molecule has 1 atom stereocenters. The normalized spacial score (nSPS) is 12.4. The van der Waals surface area contributed by atoms with Gasteiger partial charge in [-0.15, -0.1) is 0 Å². The molecule has 65 heavy (non-hydrogen) atoms. The molecule has 0 N–H and O–H groups in total. The summed E-state index contributed by atoms with van der Waals surface area (Å²) in [7, 11) is 0. The van der Waals surface area contributed by atoms with Crippen LogP contribution in [0.25, 0.3) is 0 Å². The standard InChI is InChI=1S/C59H106O6/c1-4-7-10-13-16-19-22-25-28-30-32-34-37-40-43-46-49-52-58(61)64-55-56(54-63-57(60)51-48-45-42-39-36-33-27-24-21-18-15-12-9-6-3)65-59(62)53-50-47-44-41-38-35-31-29-26-23-20-17-14-11-8-5-2/h16,19,25,28,32,34,40,43,56H,4-15,17-18,20-24,26-27,29-31,33,35-39,41-42,44-55H2,1-3H3/b19-16-,28-25-,34-32-,43-40-. The van der Waals surface area contributed by atoms with Gasteiger partial charge in [0.15, 0.2) is 6.10 Å². The minimum atomic E-state index is -0.790. The Morgan fingerprint density at radius 2 is 0.569 bits per heavy atom. The lowest BCUT2D eigenvalue weighted by Crippen LogP contribution is -2.30. The van der Waals surface area contributed by atoms with Gasteiger partial charge >= 0.3 is 17.9 Å². The molecule has 0 aliphatic heterocycles. The second kappa shape index (κ2) is 54.0. The van der Waals surface area contributed by atoms with Gasteiger partial charge in [0, 0.05) is 19.3 Å². The van der Waals surface area contributed by atoms with Crippen molar-refractivity contribution in [2.75, 3.05) is 13.2 Å². The summed E-state index contributed by atoms with van der Waals surface area (Å²) in [5.41, 5.74) is 0. The SMILES string of the molecule is CCCCC/C=C\C/C=C\C/C=C\C/C=C\CCCC(=O)OCC(COC(=O)CCCCCCCCCCCCCCCC)OC(=O)CCCCCCCCCCCCCCCCCC. The third-order valence-electron chi connectivity index (χ3n) is 12.3. The summed E-state index contributed by atoms with van der Waals surface area (Å²) in [6.45, 7) is 6.60. The van der Waals surface area contributed by atoms with E-state index in [0.717, 1.165) is 64.2 Å². The van der Waals surface area contributed by atoms with Crippen LogP contribution >= 0.6 is 0 Å². The first-order chi connectivity index (χ1) is 32.0. The van der Waals surface area contributed by atoms with Crippen LogP contribution in [0.3, 0.4) is 0 Å². The first-order valence-corrected chi connectivity index (χ1v) is 28.1. The summed E-state index contributed by atoms with van der Waals surface area (Å²) in [5.74, 6) is -0.929. The number of carbonyl (C=O) groups is 3. The lowest BCUT2D eigenvalue weighted by Gasteiger charge is -2.18. The maximum absolute atomic E-state index is 12.8. The molecule has 0 aromatic rings. The Bertz CT molecular complexity index is 1140. The van der Waals surface area contributed by atoms with Crippen molar-refractivity contribution < 1.29 is 28.6 Å². The average molecular weight is 911 g/mol. The maximum atomic E-state index is 12.8. The molecule has 1 unspecified atom stereocenters. The van der Waals surface area contributed by atoms with Crippen molar-refractivity contribution in [3.05, 3.63) is 48.6 Å². The van der Waals surface area contributed by atoms with E-state index in [2.05, 4.69) is 69.4 Å². The number of hydrogen-bond donors (Lipinski definition) is 0. The van der Waals surface area contributed by atoms with Crippen LogP contribution in [0, 0.1) is 0 Å². The molecule has 0 aliphatic rings. The van der Waals surface area contributed by atoms with Crippen LogP contribution in [0.5, 0.6) is 0 Å². The Kier molecular flexibility index (Phi) is 51.8. The quantitative estimate of drug-likeness (QED) is 0.0262. The molecule has 0 spiro atoms. The zero-order valence-corrected chi connectivity index (χ0v) is 43.3. The van der Waals surface area contributed by atoms with Gasteiger partial charge in [0.25, 0.3) is 0 Å². The molecular formula is C59H106O6. The largest absolute Gasteiger partial charge is 0.462 e. The Hall–Kier alpha value is -2.63. The molecule has 6 heteroatoms. The highest BCUT2D eigenvalue weighted by molar-refractivity contribution is 5.71. The van der Waals surface area contributed by atoms with Gasteiger partial charge in [-0.3, -0.25) is 14.4 Å². The second-order valence-electron chi connectivity index (χ2n) is 18.9. The number of hydrogen-bond acceptors (Lipinski definition) is 6. The fourth-order valence-electron chi connectivity index (χ4n) is 8.08. The average Bonchev–Trinajstić information content (AvgIpc) is 3.30. The summed E-state index contributed by atoms with van der Waals surface area (Å²) in [4.78, 5) is 38.1. The number of allylic oxidation sites excluding steroid dienone is 8. The fraction of sp³-hybridized carbons (Fsp3) is 0.814. The first-order valence-electron chi connectivity index (χ1n) is 28.1. The van der Waals surface area contributed by atoms with Crippen molar-refractivity contribution in [2.24, 2.45) is 0 Å². The van der Waals surface area contributed by atoms with Crippen LogP contribution in [0.2, 0.25) is 0 Å². The zero-order chi connectivity index (χ0) is 47.2. The topological polar surface area (TPSA) is 78.9 Å². The lowest BCUT2D eigenvalue weighted by molar-refractivity contribution is -0.167. The number of ether oxygens (including phenoxy) is 3. The molecule has 0 amide bonds. The van der Waals surface area contributed by atoms with Crippen LogP contribution < -0.4 is 0 Å². The van der Waals surface area contributed by atoms with E-state index in [1.807, 2.05) is 0 Å². The van der Waals surface area contributed by atoms with Crippen LogP contribution in [0.15, 0.2) is 48.6 Å². The molecule has 0 radical (unpaired) electrons. The first kappa shape index (κ1) is 62.4. The predicted molar refractivity (Wildman–Crippen MR) is 279 cm³/mol. The number of rotatable bonds is 51. The van der Waals surface area contributed by atoms with Gasteiger partial charge in [-0.2, -0.15) is 0 Å². The molecule has 0 fully saturated rings. The molecular weight excluding hydrogens is 805 g/mol. The van der Waals surface area contributed by atoms with Gasteiger partial charge in [-0.1, -0.05) is 262 Å². The smallest absolute Gasteiger partial charge is 0.306 e. The van der Waals surface area contributed by atoms with E-state index in [0.29, 0.717) is 19.3 Å². The summed E-state index contributed by atoms with van der Waals surface area (Å²) < 4.78 is 16.8. The lowest BCUT2D eigenvalue weighted by atomic mass is 10.0. The second-order valence-corrected chi connectivity index (χ2v) is 18.9. The monoisotopic (exact) mass is 911 g/mol. The van der Waals surface area contributed by atoms with Crippen LogP contribution in [-0.2, 0) is 28.6 Å². The summed E-state index contributed by atoms with van der Waals surface area (Å²) in [6, 6.07) is 0. The minimum Gasteiger partial charge on any atom is -0.462 e. The zero-order valence-electron chi connectivity index (χ0n) is 43.3. The van der Waals surface area contributed by atoms with Gasteiger partial charge in [0.1, 0.15) is 13.2 Å². The van der Waals surface area contributed by atoms with E-state index >= 15 is 0 Å². The molecule has 0 saturated carbocycles.